The van der Waals surface area contributed by atoms with Gasteiger partial charge in [-0.25, -0.2) is 0 Å². The van der Waals surface area contributed by atoms with Gasteiger partial charge in [0.25, 0.3) is 0 Å². The molecule has 2 nitrogen and oxygen atoms in total. The summed E-state index contributed by atoms with van der Waals surface area (Å²) in [4.78, 5) is 0. The molecule has 1 aromatic carbocycles. The first-order chi connectivity index (χ1) is 7.16. The second kappa shape index (κ2) is 4.33. The minimum absolute atomic E-state index is 0.370. The molecule has 2 rings (SSSR count). The molecule has 1 fully saturated rings. The van der Waals surface area contributed by atoms with Gasteiger partial charge in [-0.1, -0.05) is 23.8 Å². The lowest BCUT2D eigenvalue weighted by Gasteiger charge is -2.15. The van der Waals surface area contributed by atoms with Crippen LogP contribution in [0.5, 0.6) is 0 Å². The first-order valence-electron chi connectivity index (χ1n) is 5.65. The van der Waals surface area contributed by atoms with Crippen LogP contribution in [0.15, 0.2) is 18.2 Å². The fraction of sp³-hybridized carbons (Fsp3) is 0.538. The average Bonchev–Trinajstić information content (AvgIpc) is 3.02. The summed E-state index contributed by atoms with van der Waals surface area (Å²) in [5, 5.41) is 13.4. The highest BCUT2D eigenvalue weighted by atomic mass is 16.3. The molecule has 15 heavy (non-hydrogen) atoms. The minimum atomic E-state index is -0.370. The van der Waals surface area contributed by atoms with E-state index in [0.717, 1.165) is 5.56 Å². The standard InChI is InChI=1S/C13H19NO/c1-9-3-4-10(2)12(7-9)13(15)8-14-11-5-6-11/h3-4,7,11,13-15H,5-6,8H2,1-2H3. The number of aliphatic hydroxyl groups is 1. The van der Waals surface area contributed by atoms with Crippen LogP contribution < -0.4 is 5.32 Å². The van der Waals surface area contributed by atoms with Crippen LogP contribution >= 0.6 is 0 Å². The third kappa shape index (κ3) is 2.80. The van der Waals surface area contributed by atoms with Crippen molar-refractivity contribution < 1.29 is 5.11 Å². The summed E-state index contributed by atoms with van der Waals surface area (Å²) in [6.07, 6.45) is 2.16. The maximum absolute atomic E-state index is 10.0. The molecule has 0 aromatic heterocycles. The van der Waals surface area contributed by atoms with Gasteiger partial charge in [-0.3, -0.25) is 0 Å². The smallest absolute Gasteiger partial charge is 0.0917 e. The first kappa shape index (κ1) is 10.7. The molecule has 0 heterocycles. The summed E-state index contributed by atoms with van der Waals surface area (Å²) in [6.45, 7) is 4.79. The van der Waals surface area contributed by atoms with Crippen molar-refractivity contribution in [2.75, 3.05) is 6.54 Å². The highest BCUT2D eigenvalue weighted by Crippen LogP contribution is 2.22. The zero-order valence-electron chi connectivity index (χ0n) is 9.46. The van der Waals surface area contributed by atoms with Gasteiger partial charge in [0.05, 0.1) is 6.10 Å². The van der Waals surface area contributed by atoms with E-state index >= 15 is 0 Å². The molecular weight excluding hydrogens is 186 g/mol. The lowest BCUT2D eigenvalue weighted by atomic mass is 10.0. The summed E-state index contributed by atoms with van der Waals surface area (Å²) in [5.41, 5.74) is 3.44. The zero-order chi connectivity index (χ0) is 10.8. The monoisotopic (exact) mass is 205 g/mol. The van der Waals surface area contributed by atoms with Gasteiger partial charge in [-0.15, -0.1) is 0 Å². The molecule has 82 valence electrons. The van der Waals surface area contributed by atoms with Crippen LogP contribution in [0.4, 0.5) is 0 Å². The lowest BCUT2D eigenvalue weighted by Crippen LogP contribution is -2.23. The van der Waals surface area contributed by atoms with Crippen LogP contribution in [0.1, 0.15) is 35.6 Å². The number of aliphatic hydroxyl groups excluding tert-OH is 1. The number of benzene rings is 1. The molecule has 1 aliphatic rings. The molecule has 1 aliphatic carbocycles. The molecule has 0 spiro atoms. The van der Waals surface area contributed by atoms with Crippen molar-refractivity contribution in [2.45, 2.75) is 38.8 Å². The third-order valence-corrected chi connectivity index (χ3v) is 2.97. The largest absolute Gasteiger partial charge is 0.387 e. The third-order valence-electron chi connectivity index (χ3n) is 2.97. The molecule has 0 radical (unpaired) electrons. The number of aryl methyl sites for hydroxylation is 2. The van der Waals surface area contributed by atoms with Crippen LogP contribution in [0.25, 0.3) is 0 Å². The van der Waals surface area contributed by atoms with Gasteiger partial charge in [0.2, 0.25) is 0 Å². The summed E-state index contributed by atoms with van der Waals surface area (Å²) in [6, 6.07) is 6.89. The van der Waals surface area contributed by atoms with Gasteiger partial charge in [0, 0.05) is 12.6 Å². The Labute approximate surface area is 91.3 Å². The van der Waals surface area contributed by atoms with Crippen molar-refractivity contribution in [3.63, 3.8) is 0 Å². The van der Waals surface area contributed by atoms with E-state index in [0.29, 0.717) is 12.6 Å². The Kier molecular flexibility index (Phi) is 3.08. The predicted octanol–water partition coefficient (Wildman–Crippen LogP) is 2.09. The summed E-state index contributed by atoms with van der Waals surface area (Å²) in [7, 11) is 0. The molecule has 1 unspecified atom stereocenters. The van der Waals surface area contributed by atoms with Gasteiger partial charge in [0.1, 0.15) is 0 Å². The van der Waals surface area contributed by atoms with Crippen molar-refractivity contribution in [3.8, 4) is 0 Å². The molecule has 0 bridgehead atoms. The van der Waals surface area contributed by atoms with Crippen molar-refractivity contribution >= 4 is 0 Å². The second-order valence-corrected chi connectivity index (χ2v) is 4.56. The number of rotatable bonds is 4. The Hall–Kier alpha value is -0.860. The van der Waals surface area contributed by atoms with E-state index in [-0.39, 0.29) is 6.10 Å². The molecular formula is C13H19NO. The Morgan fingerprint density at radius 3 is 2.80 bits per heavy atom. The van der Waals surface area contributed by atoms with Crippen molar-refractivity contribution in [1.29, 1.82) is 0 Å². The first-order valence-corrected chi connectivity index (χ1v) is 5.65. The van der Waals surface area contributed by atoms with Crippen LogP contribution in [0.2, 0.25) is 0 Å². The van der Waals surface area contributed by atoms with Crippen molar-refractivity contribution in [2.24, 2.45) is 0 Å². The van der Waals surface area contributed by atoms with E-state index in [2.05, 4.69) is 37.4 Å². The van der Waals surface area contributed by atoms with E-state index in [9.17, 15) is 5.11 Å². The Morgan fingerprint density at radius 1 is 1.40 bits per heavy atom. The SMILES string of the molecule is Cc1ccc(C)c(C(O)CNC2CC2)c1. The fourth-order valence-electron chi connectivity index (χ4n) is 1.79. The summed E-state index contributed by atoms with van der Waals surface area (Å²) in [5.74, 6) is 0. The second-order valence-electron chi connectivity index (χ2n) is 4.56. The fourth-order valence-corrected chi connectivity index (χ4v) is 1.79. The number of hydrogen-bond acceptors (Lipinski definition) is 2. The van der Waals surface area contributed by atoms with Gasteiger partial charge in [-0.05, 0) is 37.8 Å². The van der Waals surface area contributed by atoms with E-state index in [1.54, 1.807) is 0 Å². The van der Waals surface area contributed by atoms with Crippen LogP contribution in [-0.2, 0) is 0 Å². The number of nitrogens with one attached hydrogen (secondary N) is 1. The normalized spacial score (nSPS) is 17.8. The Morgan fingerprint density at radius 2 is 2.13 bits per heavy atom. The Bertz CT molecular complexity index is 344. The van der Waals surface area contributed by atoms with Crippen molar-refractivity contribution in [3.05, 3.63) is 34.9 Å². The van der Waals surface area contributed by atoms with E-state index in [4.69, 9.17) is 0 Å². The van der Waals surface area contributed by atoms with E-state index < -0.39 is 0 Å². The van der Waals surface area contributed by atoms with Gasteiger partial charge < -0.3 is 10.4 Å². The van der Waals surface area contributed by atoms with E-state index in [1.807, 2.05) is 0 Å². The average molecular weight is 205 g/mol. The highest BCUT2D eigenvalue weighted by Gasteiger charge is 2.22. The maximum atomic E-state index is 10.0. The lowest BCUT2D eigenvalue weighted by molar-refractivity contribution is 0.173. The predicted molar refractivity (Wildman–Crippen MR) is 61.9 cm³/mol. The molecule has 1 saturated carbocycles. The highest BCUT2D eigenvalue weighted by molar-refractivity contribution is 5.32. The maximum Gasteiger partial charge on any atom is 0.0917 e. The molecule has 0 amide bonds. The van der Waals surface area contributed by atoms with Gasteiger partial charge >= 0.3 is 0 Å². The summed E-state index contributed by atoms with van der Waals surface area (Å²) < 4.78 is 0. The summed E-state index contributed by atoms with van der Waals surface area (Å²) >= 11 is 0. The molecule has 0 saturated heterocycles. The van der Waals surface area contributed by atoms with Gasteiger partial charge in [0.15, 0.2) is 0 Å². The van der Waals surface area contributed by atoms with Crippen LogP contribution in [-0.4, -0.2) is 17.7 Å². The quantitative estimate of drug-likeness (QED) is 0.789. The number of hydrogen-bond donors (Lipinski definition) is 2. The van der Waals surface area contributed by atoms with Gasteiger partial charge in [-0.2, -0.15) is 0 Å². The molecule has 0 aliphatic heterocycles. The molecule has 2 heteroatoms. The van der Waals surface area contributed by atoms with E-state index in [1.165, 1.54) is 24.0 Å². The topological polar surface area (TPSA) is 32.3 Å². The van der Waals surface area contributed by atoms with Crippen LogP contribution in [0.3, 0.4) is 0 Å². The molecule has 1 atom stereocenters. The zero-order valence-corrected chi connectivity index (χ0v) is 9.46. The van der Waals surface area contributed by atoms with Crippen LogP contribution in [0, 0.1) is 13.8 Å². The van der Waals surface area contributed by atoms with Crippen molar-refractivity contribution in [1.82, 2.24) is 5.32 Å². The molecule has 1 aromatic rings. The Balaban J connectivity index is 2.02. The minimum Gasteiger partial charge on any atom is -0.387 e. The molecule has 2 N–H and O–H groups in total.